The van der Waals surface area contributed by atoms with Crippen LogP contribution in [0.5, 0.6) is 0 Å². The van der Waals surface area contributed by atoms with Gasteiger partial charge in [0.05, 0.1) is 5.41 Å². The van der Waals surface area contributed by atoms with Crippen molar-refractivity contribution >= 4 is 5.97 Å². The Labute approximate surface area is 148 Å². The first kappa shape index (κ1) is 21.4. The molecule has 1 aliphatic rings. The van der Waals surface area contributed by atoms with Gasteiger partial charge in [-0.25, -0.2) is 0 Å². The Bertz CT molecular complexity index is 415. The topological polar surface area (TPSA) is 49.8 Å². The third-order valence-electron chi connectivity index (χ3n) is 6.09. The molecule has 0 bridgehead atoms. The Morgan fingerprint density at radius 3 is 2.17 bits per heavy atom. The number of piperidine rings is 1. The molecule has 0 radical (unpaired) electrons. The van der Waals surface area contributed by atoms with E-state index >= 15 is 0 Å². The van der Waals surface area contributed by atoms with Crippen molar-refractivity contribution in [3.05, 3.63) is 0 Å². The van der Waals surface area contributed by atoms with E-state index in [4.69, 9.17) is 4.74 Å². The summed E-state index contributed by atoms with van der Waals surface area (Å²) in [6.45, 7) is 16.5. The molecule has 1 rings (SSSR count). The number of hydroxylamine groups is 2. The quantitative estimate of drug-likeness (QED) is 0.648. The van der Waals surface area contributed by atoms with Crippen molar-refractivity contribution in [3.8, 4) is 0 Å². The highest BCUT2D eigenvalue weighted by molar-refractivity contribution is 5.77. The normalized spacial score (nSPS) is 25.0. The molecule has 0 amide bonds. The lowest BCUT2D eigenvalue weighted by atomic mass is 9.73. The smallest absolute Gasteiger partial charge is 0.312 e. The minimum absolute atomic E-state index is 0.0618. The Kier molecular flexibility index (Phi) is 6.91. The number of carbonyl (C=O) groups excluding carboxylic acids is 1. The Balaban J connectivity index is 2.91. The van der Waals surface area contributed by atoms with Crippen LogP contribution in [0.3, 0.4) is 0 Å². The standard InChI is InChI=1S/C20H39NO3/c1-9-11-12-20(8,15(3)10-2)17(22)24-16-13-18(4,5)21(23)19(6,7)14-16/h15-16,23H,9-14H2,1-8H3. The summed E-state index contributed by atoms with van der Waals surface area (Å²) in [5.41, 5.74) is -1.22. The molecule has 0 aromatic rings. The molecule has 1 fully saturated rings. The first-order valence-electron chi connectivity index (χ1n) is 9.61. The van der Waals surface area contributed by atoms with Gasteiger partial charge in [0, 0.05) is 23.9 Å². The number of esters is 1. The molecule has 0 aromatic heterocycles. The van der Waals surface area contributed by atoms with Crippen LogP contribution < -0.4 is 0 Å². The predicted octanol–water partition coefficient (Wildman–Crippen LogP) is 5.18. The number of hydrogen-bond acceptors (Lipinski definition) is 4. The van der Waals surface area contributed by atoms with Crippen LogP contribution in [0.4, 0.5) is 0 Å². The van der Waals surface area contributed by atoms with E-state index in [0.29, 0.717) is 18.8 Å². The van der Waals surface area contributed by atoms with Crippen LogP contribution in [0.1, 0.15) is 93.9 Å². The largest absolute Gasteiger partial charge is 0.462 e. The van der Waals surface area contributed by atoms with Gasteiger partial charge in [-0.05, 0) is 47.0 Å². The molecule has 1 N–H and O–H groups in total. The van der Waals surface area contributed by atoms with Crippen LogP contribution in [-0.4, -0.2) is 33.4 Å². The third kappa shape index (κ3) is 4.51. The molecule has 2 unspecified atom stereocenters. The Morgan fingerprint density at radius 2 is 1.75 bits per heavy atom. The zero-order chi connectivity index (χ0) is 18.8. The van der Waals surface area contributed by atoms with E-state index in [9.17, 15) is 10.0 Å². The van der Waals surface area contributed by atoms with E-state index in [1.165, 1.54) is 5.06 Å². The maximum atomic E-state index is 13.0. The predicted molar refractivity (Wildman–Crippen MR) is 98.0 cm³/mol. The van der Waals surface area contributed by atoms with E-state index in [0.717, 1.165) is 25.7 Å². The summed E-state index contributed by atoms with van der Waals surface area (Å²) in [4.78, 5) is 13.0. The van der Waals surface area contributed by atoms with Gasteiger partial charge in [-0.1, -0.05) is 40.0 Å². The van der Waals surface area contributed by atoms with Crippen LogP contribution in [0.15, 0.2) is 0 Å². The highest BCUT2D eigenvalue weighted by atomic mass is 16.5. The summed E-state index contributed by atoms with van der Waals surface area (Å²) in [6, 6.07) is 0. The van der Waals surface area contributed by atoms with Gasteiger partial charge < -0.3 is 9.94 Å². The maximum Gasteiger partial charge on any atom is 0.312 e. The van der Waals surface area contributed by atoms with Gasteiger partial charge in [0.25, 0.3) is 0 Å². The molecule has 1 aliphatic heterocycles. The zero-order valence-electron chi connectivity index (χ0n) is 17.1. The van der Waals surface area contributed by atoms with Crippen molar-refractivity contribution in [3.63, 3.8) is 0 Å². The summed E-state index contributed by atoms with van der Waals surface area (Å²) < 4.78 is 6.02. The third-order valence-corrected chi connectivity index (χ3v) is 6.09. The molecule has 142 valence electrons. The molecular weight excluding hydrogens is 302 g/mol. The summed E-state index contributed by atoms with van der Waals surface area (Å²) in [5.74, 6) is 0.240. The monoisotopic (exact) mass is 341 g/mol. The Hall–Kier alpha value is -0.610. The van der Waals surface area contributed by atoms with Gasteiger partial charge in [0.2, 0.25) is 0 Å². The molecule has 4 heteroatoms. The minimum Gasteiger partial charge on any atom is -0.462 e. The second kappa shape index (κ2) is 7.74. The SMILES string of the molecule is CCCCC(C)(C(=O)OC1CC(C)(C)N(O)C(C)(C)C1)C(C)CC. The summed E-state index contributed by atoms with van der Waals surface area (Å²) in [5, 5.41) is 11.8. The Morgan fingerprint density at radius 1 is 1.25 bits per heavy atom. The van der Waals surface area contributed by atoms with E-state index in [2.05, 4.69) is 27.7 Å². The van der Waals surface area contributed by atoms with Crippen molar-refractivity contribution in [2.75, 3.05) is 0 Å². The lowest BCUT2D eigenvalue weighted by Gasteiger charge is -2.51. The van der Waals surface area contributed by atoms with E-state index < -0.39 is 16.5 Å². The van der Waals surface area contributed by atoms with Crippen LogP contribution >= 0.6 is 0 Å². The molecule has 4 nitrogen and oxygen atoms in total. The van der Waals surface area contributed by atoms with Crippen molar-refractivity contribution in [1.29, 1.82) is 0 Å². The first-order valence-corrected chi connectivity index (χ1v) is 9.61. The van der Waals surface area contributed by atoms with Gasteiger partial charge in [0.1, 0.15) is 6.10 Å². The molecule has 24 heavy (non-hydrogen) atoms. The van der Waals surface area contributed by atoms with Gasteiger partial charge in [0.15, 0.2) is 0 Å². The van der Waals surface area contributed by atoms with E-state index in [1.54, 1.807) is 0 Å². The van der Waals surface area contributed by atoms with Crippen LogP contribution in [0, 0.1) is 11.3 Å². The van der Waals surface area contributed by atoms with Crippen LogP contribution in [0.25, 0.3) is 0 Å². The molecule has 2 atom stereocenters. The van der Waals surface area contributed by atoms with Crippen LogP contribution in [-0.2, 0) is 9.53 Å². The molecule has 1 saturated heterocycles. The lowest BCUT2D eigenvalue weighted by Crippen LogP contribution is -2.61. The van der Waals surface area contributed by atoms with Crippen LogP contribution in [0.2, 0.25) is 0 Å². The van der Waals surface area contributed by atoms with Gasteiger partial charge in [-0.15, -0.1) is 0 Å². The number of hydrogen-bond donors (Lipinski definition) is 1. The molecule has 0 aromatic carbocycles. The summed E-state index contributed by atoms with van der Waals surface area (Å²) in [6.07, 6.45) is 5.15. The van der Waals surface area contributed by atoms with Gasteiger partial charge in [-0.2, -0.15) is 5.06 Å². The summed E-state index contributed by atoms with van der Waals surface area (Å²) in [7, 11) is 0. The van der Waals surface area contributed by atoms with E-state index in [-0.39, 0.29) is 12.1 Å². The second-order valence-electron chi connectivity index (χ2n) is 9.20. The number of nitrogens with zero attached hydrogens (tertiary/aromatic N) is 1. The van der Waals surface area contributed by atoms with Crippen molar-refractivity contribution in [2.24, 2.45) is 11.3 Å². The van der Waals surface area contributed by atoms with Crippen molar-refractivity contribution in [1.82, 2.24) is 5.06 Å². The van der Waals surface area contributed by atoms with Gasteiger partial charge >= 0.3 is 5.97 Å². The fourth-order valence-electron chi connectivity index (χ4n) is 4.09. The average molecular weight is 342 g/mol. The van der Waals surface area contributed by atoms with E-state index in [1.807, 2.05) is 27.7 Å². The van der Waals surface area contributed by atoms with Gasteiger partial charge in [-0.3, -0.25) is 4.79 Å². The fraction of sp³-hybridized carbons (Fsp3) is 0.950. The highest BCUT2D eigenvalue weighted by Gasteiger charge is 2.48. The van der Waals surface area contributed by atoms with Crippen molar-refractivity contribution in [2.45, 2.75) is 111 Å². The number of rotatable bonds is 7. The number of carbonyl (C=O) groups is 1. The minimum atomic E-state index is -0.421. The maximum absolute atomic E-state index is 13.0. The number of unbranched alkanes of at least 4 members (excludes halogenated alkanes) is 1. The fourth-order valence-corrected chi connectivity index (χ4v) is 4.09. The average Bonchev–Trinajstić information content (AvgIpc) is 2.48. The molecular formula is C20H39NO3. The molecule has 0 aliphatic carbocycles. The molecule has 0 saturated carbocycles. The van der Waals surface area contributed by atoms with Crippen molar-refractivity contribution < 1.29 is 14.7 Å². The highest BCUT2D eigenvalue weighted by Crippen LogP contribution is 2.41. The molecule has 0 spiro atoms. The lowest BCUT2D eigenvalue weighted by molar-refractivity contribution is -0.260. The first-order chi connectivity index (χ1) is 10.9. The zero-order valence-corrected chi connectivity index (χ0v) is 17.1. The number of ether oxygens (including phenoxy) is 1. The summed E-state index contributed by atoms with van der Waals surface area (Å²) >= 11 is 0. The second-order valence-corrected chi connectivity index (χ2v) is 9.20. The molecule has 1 heterocycles.